The van der Waals surface area contributed by atoms with Crippen molar-refractivity contribution in [3.63, 3.8) is 0 Å². The van der Waals surface area contributed by atoms with Crippen LogP contribution in [0.5, 0.6) is 0 Å². The van der Waals surface area contributed by atoms with Crippen molar-refractivity contribution in [3.05, 3.63) is 0 Å². The van der Waals surface area contributed by atoms with Crippen LogP contribution in [0.2, 0.25) is 0 Å². The second-order valence-electron chi connectivity index (χ2n) is 5.49. The molecule has 1 aliphatic rings. The molecule has 0 aliphatic heterocycles. The van der Waals surface area contributed by atoms with Crippen molar-refractivity contribution in [1.82, 2.24) is 4.72 Å². The molecule has 0 amide bonds. The highest BCUT2D eigenvalue weighted by molar-refractivity contribution is 7.89. The smallest absolute Gasteiger partial charge is 0.306 e. The van der Waals surface area contributed by atoms with Gasteiger partial charge in [0.15, 0.2) is 0 Å². The van der Waals surface area contributed by atoms with Crippen LogP contribution in [0.15, 0.2) is 0 Å². The second kappa shape index (κ2) is 6.52. The van der Waals surface area contributed by atoms with E-state index in [1.807, 2.05) is 13.8 Å². The lowest BCUT2D eigenvalue weighted by molar-refractivity contribution is -0.142. The molecule has 6 heteroatoms. The molecule has 0 aromatic rings. The van der Waals surface area contributed by atoms with E-state index in [-0.39, 0.29) is 18.2 Å². The molecule has 1 aliphatic carbocycles. The normalized spacial score (nSPS) is 24.6. The summed E-state index contributed by atoms with van der Waals surface area (Å²) in [6.45, 7) is 4.22. The van der Waals surface area contributed by atoms with Gasteiger partial charge in [-0.3, -0.25) is 4.79 Å². The molecule has 5 nitrogen and oxygen atoms in total. The van der Waals surface area contributed by atoms with E-state index < -0.39 is 21.9 Å². The molecule has 0 aromatic carbocycles. The van der Waals surface area contributed by atoms with Gasteiger partial charge in [-0.25, -0.2) is 13.1 Å². The zero-order chi connectivity index (χ0) is 13.8. The van der Waals surface area contributed by atoms with Gasteiger partial charge in [0, 0.05) is 6.54 Å². The Bertz CT molecular complexity index is 378. The number of rotatable bonds is 7. The summed E-state index contributed by atoms with van der Waals surface area (Å²) >= 11 is 0. The Morgan fingerprint density at radius 3 is 2.61 bits per heavy atom. The summed E-state index contributed by atoms with van der Waals surface area (Å²) in [5.41, 5.74) is 0. The first-order valence-corrected chi connectivity index (χ1v) is 8.17. The van der Waals surface area contributed by atoms with E-state index in [2.05, 4.69) is 4.72 Å². The molecule has 1 fully saturated rings. The number of hydrogen-bond acceptors (Lipinski definition) is 3. The van der Waals surface area contributed by atoms with Crippen LogP contribution in [-0.4, -0.2) is 31.8 Å². The minimum Gasteiger partial charge on any atom is -0.481 e. The fourth-order valence-corrected chi connectivity index (χ4v) is 3.70. The summed E-state index contributed by atoms with van der Waals surface area (Å²) in [5.74, 6) is -0.789. The lowest BCUT2D eigenvalue weighted by Gasteiger charge is -2.16. The van der Waals surface area contributed by atoms with E-state index in [0.717, 1.165) is 12.8 Å². The molecule has 2 unspecified atom stereocenters. The molecule has 1 rings (SSSR count). The van der Waals surface area contributed by atoms with Crippen molar-refractivity contribution in [2.45, 2.75) is 39.5 Å². The number of carboxylic acids is 1. The molecule has 0 aromatic heterocycles. The molecular formula is C12H23NO4S. The average molecular weight is 277 g/mol. The number of aliphatic carboxylic acids is 1. The van der Waals surface area contributed by atoms with Crippen LogP contribution in [0.4, 0.5) is 0 Å². The standard InChI is InChI=1S/C12H23NO4S/c1-9(2)6-7-18(16,17)13-8-10-4-3-5-11(10)12(14)15/h9-11,13H,3-8H2,1-2H3,(H,14,15). The van der Waals surface area contributed by atoms with Crippen LogP contribution >= 0.6 is 0 Å². The Balaban J connectivity index is 2.42. The van der Waals surface area contributed by atoms with Crippen molar-refractivity contribution in [2.24, 2.45) is 17.8 Å². The summed E-state index contributed by atoms with van der Waals surface area (Å²) < 4.78 is 26.0. The molecular weight excluding hydrogens is 254 g/mol. The largest absolute Gasteiger partial charge is 0.481 e. The van der Waals surface area contributed by atoms with Gasteiger partial charge in [-0.1, -0.05) is 20.3 Å². The zero-order valence-corrected chi connectivity index (χ0v) is 11.9. The minimum atomic E-state index is -3.26. The molecule has 0 saturated heterocycles. The Morgan fingerprint density at radius 1 is 1.39 bits per heavy atom. The molecule has 106 valence electrons. The molecule has 2 atom stereocenters. The Labute approximate surface area is 109 Å². The van der Waals surface area contributed by atoms with E-state index in [4.69, 9.17) is 5.11 Å². The molecule has 2 N–H and O–H groups in total. The minimum absolute atomic E-state index is 0.0590. The van der Waals surface area contributed by atoms with Gasteiger partial charge in [0.1, 0.15) is 0 Å². The summed E-state index contributed by atoms with van der Waals surface area (Å²) in [7, 11) is -3.26. The fraction of sp³-hybridized carbons (Fsp3) is 0.917. The van der Waals surface area contributed by atoms with E-state index in [1.54, 1.807) is 0 Å². The first-order valence-electron chi connectivity index (χ1n) is 6.52. The Kier molecular flexibility index (Phi) is 5.59. The monoisotopic (exact) mass is 277 g/mol. The van der Waals surface area contributed by atoms with Crippen LogP contribution < -0.4 is 4.72 Å². The van der Waals surface area contributed by atoms with Crippen LogP contribution in [0.3, 0.4) is 0 Å². The predicted octanol–water partition coefficient (Wildman–Crippen LogP) is 1.45. The summed E-state index contributed by atoms with van der Waals surface area (Å²) in [6, 6.07) is 0. The molecule has 0 bridgehead atoms. The molecule has 0 heterocycles. The van der Waals surface area contributed by atoms with Crippen LogP contribution in [0, 0.1) is 17.8 Å². The molecule has 0 spiro atoms. The van der Waals surface area contributed by atoms with E-state index in [1.165, 1.54) is 0 Å². The maximum atomic E-state index is 11.7. The molecule has 0 radical (unpaired) electrons. The van der Waals surface area contributed by atoms with Crippen LogP contribution in [-0.2, 0) is 14.8 Å². The Morgan fingerprint density at radius 2 is 2.06 bits per heavy atom. The highest BCUT2D eigenvalue weighted by atomic mass is 32.2. The van der Waals surface area contributed by atoms with Crippen molar-refractivity contribution in [2.75, 3.05) is 12.3 Å². The number of carboxylic acid groups (broad SMARTS) is 1. The topological polar surface area (TPSA) is 83.5 Å². The number of hydrogen-bond donors (Lipinski definition) is 2. The van der Waals surface area contributed by atoms with Crippen LogP contribution in [0.1, 0.15) is 39.5 Å². The van der Waals surface area contributed by atoms with Crippen molar-refractivity contribution >= 4 is 16.0 Å². The lowest BCUT2D eigenvalue weighted by Crippen LogP contribution is -2.34. The second-order valence-corrected chi connectivity index (χ2v) is 7.41. The van der Waals surface area contributed by atoms with Crippen LogP contribution in [0.25, 0.3) is 0 Å². The number of carbonyl (C=O) groups is 1. The van der Waals surface area contributed by atoms with Crippen molar-refractivity contribution < 1.29 is 18.3 Å². The van der Waals surface area contributed by atoms with Crippen molar-refractivity contribution in [3.8, 4) is 0 Å². The van der Waals surface area contributed by atoms with E-state index in [9.17, 15) is 13.2 Å². The third-order valence-corrected chi connectivity index (χ3v) is 4.89. The highest BCUT2D eigenvalue weighted by Gasteiger charge is 2.33. The quantitative estimate of drug-likeness (QED) is 0.738. The maximum absolute atomic E-state index is 11.7. The lowest BCUT2D eigenvalue weighted by atomic mass is 9.97. The van der Waals surface area contributed by atoms with Gasteiger partial charge in [0.2, 0.25) is 10.0 Å². The van der Waals surface area contributed by atoms with E-state index >= 15 is 0 Å². The molecule has 18 heavy (non-hydrogen) atoms. The van der Waals surface area contributed by atoms with E-state index in [0.29, 0.717) is 18.8 Å². The fourth-order valence-electron chi connectivity index (χ4n) is 2.30. The van der Waals surface area contributed by atoms with Gasteiger partial charge in [-0.05, 0) is 31.1 Å². The van der Waals surface area contributed by atoms with Gasteiger partial charge >= 0.3 is 5.97 Å². The zero-order valence-electron chi connectivity index (χ0n) is 11.1. The predicted molar refractivity (Wildman–Crippen MR) is 69.7 cm³/mol. The maximum Gasteiger partial charge on any atom is 0.306 e. The van der Waals surface area contributed by atoms with Gasteiger partial charge in [0.25, 0.3) is 0 Å². The summed E-state index contributed by atoms with van der Waals surface area (Å²) in [6.07, 6.45) is 2.95. The van der Waals surface area contributed by atoms with Gasteiger partial charge < -0.3 is 5.11 Å². The summed E-state index contributed by atoms with van der Waals surface area (Å²) in [5, 5.41) is 9.01. The third kappa shape index (κ3) is 4.94. The number of sulfonamides is 1. The van der Waals surface area contributed by atoms with Gasteiger partial charge in [0.05, 0.1) is 11.7 Å². The molecule has 1 saturated carbocycles. The van der Waals surface area contributed by atoms with Gasteiger partial charge in [-0.15, -0.1) is 0 Å². The Hall–Kier alpha value is -0.620. The van der Waals surface area contributed by atoms with Crippen molar-refractivity contribution in [1.29, 1.82) is 0 Å². The average Bonchev–Trinajstić information content (AvgIpc) is 2.72. The number of nitrogens with one attached hydrogen (secondary N) is 1. The first-order chi connectivity index (χ1) is 8.32. The highest BCUT2D eigenvalue weighted by Crippen LogP contribution is 2.31. The van der Waals surface area contributed by atoms with Gasteiger partial charge in [-0.2, -0.15) is 0 Å². The summed E-state index contributed by atoms with van der Waals surface area (Å²) in [4.78, 5) is 11.0. The SMILES string of the molecule is CC(C)CCS(=O)(=O)NCC1CCCC1C(=O)O. The first kappa shape index (κ1) is 15.4. The third-order valence-electron chi connectivity index (χ3n) is 3.51.